The van der Waals surface area contributed by atoms with Gasteiger partial charge < -0.3 is 10.1 Å². The highest BCUT2D eigenvalue weighted by Crippen LogP contribution is 2.42. The average molecular weight is 318 g/mol. The molecule has 1 atom stereocenters. The van der Waals surface area contributed by atoms with E-state index in [1.807, 2.05) is 6.20 Å². The van der Waals surface area contributed by atoms with E-state index in [-0.39, 0.29) is 17.5 Å². The number of ether oxygens (including phenoxy) is 1. The third kappa shape index (κ3) is 3.02. The Balaban J connectivity index is 1.29. The van der Waals surface area contributed by atoms with Crippen LogP contribution in [0.1, 0.15) is 43.7 Å². The molecule has 23 heavy (non-hydrogen) atoms. The number of aromatic nitrogens is 2. The molecule has 1 spiro atoms. The predicted octanol–water partition coefficient (Wildman–Crippen LogP) is 1.27. The molecule has 0 aliphatic carbocycles. The average Bonchev–Trinajstić information content (AvgIpc) is 3.19. The number of nitrogens with zero attached hydrogens (tertiary/aromatic N) is 2. The highest BCUT2D eigenvalue weighted by molar-refractivity contribution is 5.79. The summed E-state index contributed by atoms with van der Waals surface area (Å²) in [6.45, 7) is 4.93. The first-order chi connectivity index (χ1) is 11.3. The maximum atomic E-state index is 12.3. The molecule has 0 bridgehead atoms. The largest absolute Gasteiger partial charge is 0.461 e. The second kappa shape index (κ2) is 6.24. The van der Waals surface area contributed by atoms with Gasteiger partial charge in [0.2, 0.25) is 0 Å². The lowest BCUT2D eigenvalue weighted by Gasteiger charge is -2.33. The number of carbonyl (C=O) groups is 1. The fourth-order valence-corrected chi connectivity index (χ4v) is 4.46. The lowest BCUT2D eigenvalue weighted by Crippen LogP contribution is -2.40. The van der Waals surface area contributed by atoms with Gasteiger partial charge in [-0.3, -0.25) is 14.8 Å². The SMILES string of the molecule is O=C1OC(CN2CCC(c3ccn[nH]3)CC2)CC12CCNCC2. The lowest BCUT2D eigenvalue weighted by atomic mass is 9.76. The highest BCUT2D eigenvalue weighted by Gasteiger charge is 2.49. The summed E-state index contributed by atoms with van der Waals surface area (Å²) in [5.74, 6) is 0.645. The number of rotatable bonds is 3. The van der Waals surface area contributed by atoms with E-state index in [9.17, 15) is 4.79 Å². The van der Waals surface area contributed by atoms with Crippen LogP contribution in [0.2, 0.25) is 0 Å². The number of piperidine rings is 2. The molecule has 0 amide bonds. The van der Waals surface area contributed by atoms with Crippen molar-refractivity contribution in [2.24, 2.45) is 5.41 Å². The zero-order valence-corrected chi connectivity index (χ0v) is 13.6. The monoisotopic (exact) mass is 318 g/mol. The first kappa shape index (κ1) is 15.1. The molecule has 1 aromatic heterocycles. The summed E-state index contributed by atoms with van der Waals surface area (Å²) in [7, 11) is 0. The molecule has 0 saturated carbocycles. The maximum absolute atomic E-state index is 12.3. The topological polar surface area (TPSA) is 70.2 Å². The van der Waals surface area contributed by atoms with Gasteiger partial charge in [0.05, 0.1) is 5.41 Å². The van der Waals surface area contributed by atoms with E-state index < -0.39 is 0 Å². The van der Waals surface area contributed by atoms with Crippen LogP contribution < -0.4 is 5.32 Å². The molecule has 0 radical (unpaired) electrons. The van der Waals surface area contributed by atoms with Crippen LogP contribution in [0, 0.1) is 5.41 Å². The van der Waals surface area contributed by atoms with Crippen molar-refractivity contribution in [2.45, 2.75) is 44.1 Å². The second-order valence-corrected chi connectivity index (χ2v) is 7.35. The van der Waals surface area contributed by atoms with Gasteiger partial charge in [-0.2, -0.15) is 5.10 Å². The Labute approximate surface area is 137 Å². The number of esters is 1. The number of hydrogen-bond donors (Lipinski definition) is 2. The minimum absolute atomic E-state index is 0.0522. The zero-order chi connectivity index (χ0) is 15.7. The van der Waals surface area contributed by atoms with Crippen LogP contribution in [0.15, 0.2) is 12.3 Å². The van der Waals surface area contributed by atoms with Crippen LogP contribution >= 0.6 is 0 Å². The Morgan fingerprint density at radius 3 is 2.78 bits per heavy atom. The first-order valence-electron chi connectivity index (χ1n) is 8.89. The highest BCUT2D eigenvalue weighted by atomic mass is 16.6. The molecular formula is C17H26N4O2. The Bertz CT molecular complexity index is 531. The molecule has 4 rings (SSSR count). The van der Waals surface area contributed by atoms with Gasteiger partial charge in [-0.15, -0.1) is 0 Å². The van der Waals surface area contributed by atoms with E-state index in [4.69, 9.17) is 4.74 Å². The smallest absolute Gasteiger partial charge is 0.312 e. The van der Waals surface area contributed by atoms with Crippen LogP contribution in [0.3, 0.4) is 0 Å². The summed E-state index contributed by atoms with van der Waals surface area (Å²) in [6, 6.07) is 2.08. The molecule has 1 unspecified atom stereocenters. The van der Waals surface area contributed by atoms with Gasteiger partial charge >= 0.3 is 5.97 Å². The minimum atomic E-state index is -0.190. The van der Waals surface area contributed by atoms with Crippen molar-refractivity contribution in [1.29, 1.82) is 0 Å². The van der Waals surface area contributed by atoms with Gasteiger partial charge in [-0.05, 0) is 57.9 Å². The van der Waals surface area contributed by atoms with Crippen molar-refractivity contribution in [3.05, 3.63) is 18.0 Å². The zero-order valence-electron chi connectivity index (χ0n) is 13.6. The number of nitrogens with one attached hydrogen (secondary N) is 2. The van der Waals surface area contributed by atoms with Crippen molar-refractivity contribution >= 4 is 5.97 Å². The van der Waals surface area contributed by atoms with Crippen LogP contribution in [0.5, 0.6) is 0 Å². The standard InChI is InChI=1S/C17H26N4O2/c22-16-17(4-7-18-8-5-17)11-14(23-16)12-21-9-2-13(3-10-21)15-1-6-19-20-15/h1,6,13-14,18H,2-5,7-12H2,(H,19,20). The molecule has 4 heterocycles. The van der Waals surface area contributed by atoms with E-state index >= 15 is 0 Å². The second-order valence-electron chi connectivity index (χ2n) is 7.35. The number of carbonyl (C=O) groups excluding carboxylic acids is 1. The van der Waals surface area contributed by atoms with Gasteiger partial charge in [-0.1, -0.05) is 0 Å². The number of likely N-dealkylation sites (tertiary alicyclic amines) is 1. The molecule has 6 nitrogen and oxygen atoms in total. The third-order valence-electron chi connectivity index (χ3n) is 5.90. The summed E-state index contributed by atoms with van der Waals surface area (Å²) >= 11 is 0. The van der Waals surface area contributed by atoms with Gasteiger partial charge in [-0.25, -0.2) is 0 Å². The van der Waals surface area contributed by atoms with Gasteiger partial charge in [0.15, 0.2) is 0 Å². The molecular weight excluding hydrogens is 292 g/mol. The number of cyclic esters (lactones) is 1. The predicted molar refractivity (Wildman–Crippen MR) is 86.0 cm³/mol. The van der Waals surface area contributed by atoms with Crippen LogP contribution in [0.25, 0.3) is 0 Å². The quantitative estimate of drug-likeness (QED) is 0.822. The number of hydrogen-bond acceptors (Lipinski definition) is 5. The van der Waals surface area contributed by atoms with E-state index in [2.05, 4.69) is 26.5 Å². The summed E-state index contributed by atoms with van der Waals surface area (Å²) in [6.07, 6.45) is 7.00. The normalized spacial score (nSPS) is 29.0. The molecule has 3 aliphatic heterocycles. The maximum Gasteiger partial charge on any atom is 0.312 e. The first-order valence-corrected chi connectivity index (χ1v) is 8.89. The molecule has 6 heteroatoms. The van der Waals surface area contributed by atoms with Crippen LogP contribution in [0.4, 0.5) is 0 Å². The Hall–Kier alpha value is -1.40. The molecule has 126 valence electrons. The van der Waals surface area contributed by atoms with Gasteiger partial charge in [0.1, 0.15) is 6.10 Å². The fraction of sp³-hybridized carbons (Fsp3) is 0.765. The van der Waals surface area contributed by atoms with Gasteiger partial charge in [0.25, 0.3) is 0 Å². The third-order valence-corrected chi connectivity index (χ3v) is 5.90. The fourth-order valence-electron chi connectivity index (χ4n) is 4.46. The van der Waals surface area contributed by atoms with E-state index in [0.717, 1.165) is 64.8 Å². The molecule has 0 aromatic carbocycles. The number of H-pyrrole nitrogens is 1. The summed E-state index contributed by atoms with van der Waals surface area (Å²) in [4.78, 5) is 14.8. The van der Waals surface area contributed by atoms with Crippen molar-refractivity contribution < 1.29 is 9.53 Å². The summed E-state index contributed by atoms with van der Waals surface area (Å²) in [5, 5.41) is 10.5. The summed E-state index contributed by atoms with van der Waals surface area (Å²) in [5.41, 5.74) is 1.06. The Morgan fingerprint density at radius 1 is 1.30 bits per heavy atom. The van der Waals surface area contributed by atoms with E-state index in [0.29, 0.717) is 5.92 Å². The van der Waals surface area contributed by atoms with Crippen molar-refractivity contribution in [3.8, 4) is 0 Å². The van der Waals surface area contributed by atoms with Crippen molar-refractivity contribution in [1.82, 2.24) is 20.4 Å². The minimum Gasteiger partial charge on any atom is -0.461 e. The molecule has 3 aliphatic rings. The van der Waals surface area contributed by atoms with E-state index in [1.54, 1.807) is 0 Å². The molecule has 1 aromatic rings. The van der Waals surface area contributed by atoms with Crippen molar-refractivity contribution in [2.75, 3.05) is 32.7 Å². The molecule has 3 fully saturated rings. The molecule has 3 saturated heterocycles. The van der Waals surface area contributed by atoms with Crippen LogP contribution in [-0.4, -0.2) is 59.9 Å². The summed E-state index contributed by atoms with van der Waals surface area (Å²) < 4.78 is 5.73. The lowest BCUT2D eigenvalue weighted by molar-refractivity contribution is -0.150. The van der Waals surface area contributed by atoms with Crippen molar-refractivity contribution in [3.63, 3.8) is 0 Å². The van der Waals surface area contributed by atoms with E-state index in [1.165, 1.54) is 5.69 Å². The Morgan fingerprint density at radius 2 is 2.09 bits per heavy atom. The van der Waals surface area contributed by atoms with Crippen LogP contribution in [-0.2, 0) is 9.53 Å². The molecule has 2 N–H and O–H groups in total. The number of aromatic amines is 1. The van der Waals surface area contributed by atoms with Gasteiger partial charge in [0, 0.05) is 30.8 Å². The Kier molecular flexibility index (Phi) is 4.11.